The quantitative estimate of drug-likeness (QED) is 0.543. The summed E-state index contributed by atoms with van der Waals surface area (Å²) < 4.78 is 45.3. The Bertz CT molecular complexity index is 1080. The predicted molar refractivity (Wildman–Crippen MR) is 122 cm³/mol. The third-order valence-electron chi connectivity index (χ3n) is 6.25. The third kappa shape index (κ3) is 5.37. The van der Waals surface area contributed by atoms with E-state index in [1.165, 1.54) is 24.3 Å². The van der Waals surface area contributed by atoms with E-state index in [4.69, 9.17) is 4.74 Å². The fourth-order valence-electron chi connectivity index (χ4n) is 4.41. The van der Waals surface area contributed by atoms with Crippen LogP contribution in [0.25, 0.3) is 0 Å². The molecule has 0 bridgehead atoms. The second-order valence-electron chi connectivity index (χ2n) is 8.62. The second-order valence-corrected chi connectivity index (χ2v) is 10.6. The Balaban J connectivity index is 1.36. The zero-order valence-corrected chi connectivity index (χ0v) is 19.5. The van der Waals surface area contributed by atoms with E-state index < -0.39 is 15.7 Å². The Morgan fingerprint density at radius 1 is 1.18 bits per heavy atom. The van der Waals surface area contributed by atoms with Crippen molar-refractivity contribution in [3.05, 3.63) is 53.8 Å². The summed E-state index contributed by atoms with van der Waals surface area (Å²) in [6.45, 7) is 4.48. The molecule has 2 aliphatic heterocycles. The number of nitrogens with one attached hydrogen (secondary N) is 3. The summed E-state index contributed by atoms with van der Waals surface area (Å²) in [5, 5.41) is 9.73. The summed E-state index contributed by atoms with van der Waals surface area (Å²) in [6.07, 6.45) is 2.57. The second kappa shape index (κ2) is 10.2. The fraction of sp³-hybridized carbons (Fsp3) is 0.458. The number of amides is 1. The van der Waals surface area contributed by atoms with Crippen molar-refractivity contribution in [1.29, 1.82) is 0 Å². The van der Waals surface area contributed by atoms with Crippen molar-refractivity contribution in [3.8, 4) is 5.75 Å². The Hall–Kier alpha value is -2.49. The molecule has 4 rings (SSSR count). The zero-order chi connectivity index (χ0) is 23.4. The average molecular weight is 476 g/mol. The van der Waals surface area contributed by atoms with Crippen LogP contribution in [-0.4, -0.2) is 46.1 Å². The van der Waals surface area contributed by atoms with Crippen molar-refractivity contribution in [1.82, 2.24) is 16.0 Å². The lowest BCUT2D eigenvalue weighted by Crippen LogP contribution is -2.45. The summed E-state index contributed by atoms with van der Waals surface area (Å²) in [5.74, 6) is -0.229. The minimum Gasteiger partial charge on any atom is -0.491 e. The number of benzene rings is 2. The molecule has 2 fully saturated rings. The molecule has 0 aromatic heterocycles. The van der Waals surface area contributed by atoms with Gasteiger partial charge in [0.25, 0.3) is 0 Å². The first kappa shape index (κ1) is 23.7. The van der Waals surface area contributed by atoms with Crippen LogP contribution in [0.3, 0.4) is 0 Å². The van der Waals surface area contributed by atoms with Gasteiger partial charge in [-0.1, -0.05) is 19.1 Å². The van der Waals surface area contributed by atoms with Gasteiger partial charge in [-0.2, -0.15) is 0 Å². The molecule has 3 atom stereocenters. The number of carbonyl (C=O) groups is 1. The molecule has 0 radical (unpaired) electrons. The van der Waals surface area contributed by atoms with Crippen LogP contribution in [0.4, 0.5) is 4.39 Å². The number of ether oxygens (including phenoxy) is 1. The number of sulfone groups is 1. The van der Waals surface area contributed by atoms with Crippen LogP contribution in [0.15, 0.2) is 52.3 Å². The van der Waals surface area contributed by atoms with Gasteiger partial charge in [-0.25, -0.2) is 12.8 Å². The number of carbonyl (C=O) groups excluding carboxylic acids is 1. The molecule has 3 N–H and O–H groups in total. The highest BCUT2D eigenvalue weighted by Gasteiger charge is 2.38. The average Bonchev–Trinajstić information content (AvgIpc) is 3.26. The topological polar surface area (TPSA) is 96.5 Å². The van der Waals surface area contributed by atoms with E-state index in [1.807, 2.05) is 6.92 Å². The SMILES string of the molecule is CCCOc1ccc(S(=O)(=O)c2ccc(CNC(=O)C3CC4CNCCC4N3)cc2)cc1F. The molecule has 178 valence electrons. The highest BCUT2D eigenvalue weighted by atomic mass is 32.2. The monoisotopic (exact) mass is 475 g/mol. The van der Waals surface area contributed by atoms with Gasteiger partial charge in [-0.15, -0.1) is 0 Å². The standard InChI is InChI=1S/C24H30FN3O4S/c1-2-11-32-23-8-7-19(13-20(23)25)33(30,31)18-5-3-16(4-6-18)14-27-24(29)22-12-17-15-26-10-9-21(17)28-22/h3-8,13,17,21-22,26,28H,2,9-12,14-15H2,1H3,(H,27,29). The molecule has 33 heavy (non-hydrogen) atoms. The molecule has 1 amide bonds. The molecule has 0 spiro atoms. The zero-order valence-electron chi connectivity index (χ0n) is 18.6. The largest absolute Gasteiger partial charge is 0.491 e. The highest BCUT2D eigenvalue weighted by Crippen LogP contribution is 2.27. The van der Waals surface area contributed by atoms with Crippen LogP contribution in [0, 0.1) is 11.7 Å². The lowest BCUT2D eigenvalue weighted by Gasteiger charge is -2.25. The maximum atomic E-state index is 14.2. The summed E-state index contributed by atoms with van der Waals surface area (Å²) >= 11 is 0. The maximum absolute atomic E-state index is 14.2. The number of rotatable bonds is 8. The van der Waals surface area contributed by atoms with E-state index in [0.29, 0.717) is 25.1 Å². The van der Waals surface area contributed by atoms with E-state index in [0.717, 1.165) is 44.0 Å². The Morgan fingerprint density at radius 2 is 1.94 bits per heavy atom. The van der Waals surface area contributed by atoms with E-state index in [1.54, 1.807) is 12.1 Å². The third-order valence-corrected chi connectivity index (χ3v) is 8.02. The number of piperidine rings is 1. The van der Waals surface area contributed by atoms with E-state index in [2.05, 4.69) is 16.0 Å². The summed E-state index contributed by atoms with van der Waals surface area (Å²) in [4.78, 5) is 12.5. The molecule has 2 aromatic carbocycles. The Morgan fingerprint density at radius 3 is 2.64 bits per heavy atom. The maximum Gasteiger partial charge on any atom is 0.237 e. The van der Waals surface area contributed by atoms with Crippen molar-refractivity contribution in [2.45, 2.75) is 54.6 Å². The first-order valence-electron chi connectivity index (χ1n) is 11.4. The molecule has 2 saturated heterocycles. The van der Waals surface area contributed by atoms with Gasteiger partial charge in [0.2, 0.25) is 15.7 Å². The molecule has 2 heterocycles. The van der Waals surface area contributed by atoms with Crippen molar-refractivity contribution < 1.29 is 22.3 Å². The lowest BCUT2D eigenvalue weighted by molar-refractivity contribution is -0.123. The smallest absolute Gasteiger partial charge is 0.237 e. The minimum absolute atomic E-state index is 0.0363. The van der Waals surface area contributed by atoms with Gasteiger partial charge in [0, 0.05) is 12.6 Å². The molecular formula is C24H30FN3O4S. The van der Waals surface area contributed by atoms with E-state index in [9.17, 15) is 17.6 Å². The number of fused-ring (bicyclic) bond motifs is 1. The van der Waals surface area contributed by atoms with Gasteiger partial charge in [0.05, 0.1) is 22.4 Å². The molecule has 0 saturated carbocycles. The van der Waals surface area contributed by atoms with Gasteiger partial charge in [-0.05, 0) is 74.2 Å². The van der Waals surface area contributed by atoms with Crippen LogP contribution >= 0.6 is 0 Å². The van der Waals surface area contributed by atoms with E-state index >= 15 is 0 Å². The van der Waals surface area contributed by atoms with Crippen LogP contribution in [0.1, 0.15) is 31.7 Å². The van der Waals surface area contributed by atoms with Crippen molar-refractivity contribution in [3.63, 3.8) is 0 Å². The summed E-state index contributed by atoms with van der Waals surface area (Å²) in [7, 11) is -3.87. The van der Waals surface area contributed by atoms with Crippen molar-refractivity contribution in [2.24, 2.45) is 5.92 Å². The minimum atomic E-state index is -3.87. The number of halogens is 1. The van der Waals surface area contributed by atoms with E-state index in [-0.39, 0.29) is 27.5 Å². The summed E-state index contributed by atoms with van der Waals surface area (Å²) in [5.41, 5.74) is 0.786. The molecule has 0 aliphatic carbocycles. The van der Waals surface area contributed by atoms with Crippen LogP contribution in [0.5, 0.6) is 5.75 Å². The van der Waals surface area contributed by atoms with Crippen LogP contribution in [-0.2, 0) is 21.2 Å². The highest BCUT2D eigenvalue weighted by molar-refractivity contribution is 7.91. The first-order valence-corrected chi connectivity index (χ1v) is 12.9. The van der Waals surface area contributed by atoms with Crippen LogP contribution < -0.4 is 20.7 Å². The lowest BCUT2D eigenvalue weighted by atomic mass is 9.94. The van der Waals surface area contributed by atoms with Crippen molar-refractivity contribution in [2.75, 3.05) is 19.7 Å². The molecule has 9 heteroatoms. The molecule has 2 aliphatic rings. The number of hydrogen-bond acceptors (Lipinski definition) is 6. The Labute approximate surface area is 194 Å². The van der Waals surface area contributed by atoms with Gasteiger partial charge < -0.3 is 20.7 Å². The summed E-state index contributed by atoms with van der Waals surface area (Å²) in [6, 6.07) is 10.1. The van der Waals surface area contributed by atoms with Gasteiger partial charge in [0.1, 0.15) is 0 Å². The molecule has 7 nitrogen and oxygen atoms in total. The van der Waals surface area contributed by atoms with Gasteiger partial charge >= 0.3 is 0 Å². The first-order chi connectivity index (χ1) is 15.9. The predicted octanol–water partition coefficient (Wildman–Crippen LogP) is 2.40. The molecule has 3 unspecified atom stereocenters. The Kier molecular flexibility index (Phi) is 7.31. The normalized spacial score (nSPS) is 22.5. The molecule has 2 aromatic rings. The number of hydrogen-bond donors (Lipinski definition) is 3. The van der Waals surface area contributed by atoms with Gasteiger partial charge in [0.15, 0.2) is 11.6 Å². The van der Waals surface area contributed by atoms with Crippen molar-refractivity contribution >= 4 is 15.7 Å². The molecular weight excluding hydrogens is 445 g/mol. The van der Waals surface area contributed by atoms with Crippen LogP contribution in [0.2, 0.25) is 0 Å². The van der Waals surface area contributed by atoms with Gasteiger partial charge in [-0.3, -0.25) is 4.79 Å². The fourth-order valence-corrected chi connectivity index (χ4v) is 5.69.